The minimum atomic E-state index is 0.302. The van der Waals surface area contributed by atoms with Crippen LogP contribution in [0.15, 0.2) is 18.2 Å². The van der Waals surface area contributed by atoms with E-state index in [0.717, 1.165) is 24.6 Å². The number of ether oxygens (including phenoxy) is 1. The minimum absolute atomic E-state index is 0.302. The van der Waals surface area contributed by atoms with Crippen LogP contribution in [0, 0.1) is 12.8 Å². The van der Waals surface area contributed by atoms with Crippen molar-refractivity contribution in [2.24, 2.45) is 5.92 Å². The summed E-state index contributed by atoms with van der Waals surface area (Å²) in [5.41, 5.74) is 2.68. The van der Waals surface area contributed by atoms with E-state index in [2.05, 4.69) is 51.2 Å². The molecule has 1 aliphatic rings. The van der Waals surface area contributed by atoms with Gasteiger partial charge in [0.2, 0.25) is 0 Å². The van der Waals surface area contributed by atoms with Crippen LogP contribution in [0.2, 0.25) is 0 Å². The highest BCUT2D eigenvalue weighted by Gasteiger charge is 2.23. The monoisotopic (exact) mass is 261 g/mol. The Morgan fingerprint density at radius 3 is 2.89 bits per heavy atom. The summed E-state index contributed by atoms with van der Waals surface area (Å²) in [5, 5.41) is 3.61. The van der Waals surface area contributed by atoms with E-state index >= 15 is 0 Å². The zero-order valence-corrected chi connectivity index (χ0v) is 12.7. The molecule has 1 aromatic carbocycles. The Kier molecular flexibility index (Phi) is 4.87. The summed E-state index contributed by atoms with van der Waals surface area (Å²) in [5.74, 6) is 1.87. The molecule has 1 N–H and O–H groups in total. The van der Waals surface area contributed by atoms with E-state index in [1.54, 1.807) is 0 Å². The van der Waals surface area contributed by atoms with Crippen LogP contribution >= 0.6 is 0 Å². The van der Waals surface area contributed by atoms with Crippen LogP contribution < -0.4 is 10.1 Å². The summed E-state index contributed by atoms with van der Waals surface area (Å²) in [6.45, 7) is 9.95. The first-order chi connectivity index (χ1) is 9.08. The van der Waals surface area contributed by atoms with Gasteiger partial charge in [0, 0.05) is 19.0 Å². The van der Waals surface area contributed by atoms with Gasteiger partial charge >= 0.3 is 0 Å². The zero-order valence-electron chi connectivity index (χ0n) is 12.7. The molecule has 0 radical (unpaired) electrons. The van der Waals surface area contributed by atoms with Gasteiger partial charge < -0.3 is 10.1 Å². The van der Waals surface area contributed by atoms with Gasteiger partial charge in [-0.3, -0.25) is 0 Å². The lowest BCUT2D eigenvalue weighted by Crippen LogP contribution is -2.36. The Labute approximate surface area is 117 Å². The molecule has 1 heterocycles. The molecule has 0 saturated heterocycles. The third-order valence-corrected chi connectivity index (χ3v) is 4.10. The van der Waals surface area contributed by atoms with E-state index in [9.17, 15) is 0 Å². The molecule has 0 fully saturated rings. The van der Waals surface area contributed by atoms with E-state index in [4.69, 9.17) is 4.74 Å². The van der Waals surface area contributed by atoms with Crippen LogP contribution in [0.25, 0.3) is 0 Å². The van der Waals surface area contributed by atoms with Crippen LogP contribution in [0.5, 0.6) is 5.75 Å². The second-order valence-electron chi connectivity index (χ2n) is 6.11. The summed E-state index contributed by atoms with van der Waals surface area (Å²) < 4.78 is 5.98. The third-order valence-electron chi connectivity index (χ3n) is 4.10. The molecule has 0 amide bonds. The molecule has 1 aromatic rings. The van der Waals surface area contributed by atoms with Crippen molar-refractivity contribution in [1.29, 1.82) is 0 Å². The summed E-state index contributed by atoms with van der Waals surface area (Å²) >= 11 is 0. The SMILES string of the molecule is CCC(C)CC(C)NCC1Cc2cc(C)ccc2O1. The fourth-order valence-corrected chi connectivity index (χ4v) is 2.75. The fraction of sp³-hybridized carbons (Fsp3) is 0.647. The molecule has 0 saturated carbocycles. The Morgan fingerprint density at radius 2 is 2.16 bits per heavy atom. The standard InChI is InChI=1S/C17H27NO/c1-5-12(2)8-14(4)18-11-16-10-15-9-13(3)6-7-17(15)19-16/h6-7,9,12,14,16,18H,5,8,10-11H2,1-4H3. The molecule has 2 rings (SSSR count). The van der Waals surface area contributed by atoms with Crippen molar-refractivity contribution in [2.75, 3.05) is 6.54 Å². The van der Waals surface area contributed by atoms with Gasteiger partial charge in [-0.1, -0.05) is 38.0 Å². The Morgan fingerprint density at radius 1 is 1.37 bits per heavy atom. The van der Waals surface area contributed by atoms with E-state index < -0.39 is 0 Å². The summed E-state index contributed by atoms with van der Waals surface area (Å²) in [4.78, 5) is 0. The number of hydrogen-bond acceptors (Lipinski definition) is 2. The van der Waals surface area contributed by atoms with Crippen LogP contribution in [0.4, 0.5) is 0 Å². The van der Waals surface area contributed by atoms with Crippen LogP contribution in [-0.4, -0.2) is 18.7 Å². The smallest absolute Gasteiger partial charge is 0.123 e. The molecule has 0 aliphatic carbocycles. The minimum Gasteiger partial charge on any atom is -0.488 e. The molecule has 3 unspecified atom stereocenters. The second-order valence-corrected chi connectivity index (χ2v) is 6.11. The topological polar surface area (TPSA) is 21.3 Å². The third kappa shape index (κ3) is 3.97. The maximum absolute atomic E-state index is 5.98. The van der Waals surface area contributed by atoms with Crippen molar-refractivity contribution in [3.8, 4) is 5.75 Å². The molecular formula is C17H27NO. The lowest BCUT2D eigenvalue weighted by molar-refractivity contribution is 0.219. The molecule has 19 heavy (non-hydrogen) atoms. The predicted molar refractivity (Wildman–Crippen MR) is 80.8 cm³/mol. The molecule has 0 bridgehead atoms. The van der Waals surface area contributed by atoms with Crippen LogP contribution in [-0.2, 0) is 6.42 Å². The maximum Gasteiger partial charge on any atom is 0.123 e. The highest BCUT2D eigenvalue weighted by molar-refractivity contribution is 5.40. The average Bonchev–Trinajstić information content (AvgIpc) is 2.78. The first kappa shape index (κ1) is 14.4. The predicted octanol–water partition coefficient (Wildman–Crippen LogP) is 3.71. The first-order valence-corrected chi connectivity index (χ1v) is 7.58. The number of aryl methyl sites for hydroxylation is 1. The van der Waals surface area contributed by atoms with E-state index in [-0.39, 0.29) is 0 Å². The van der Waals surface area contributed by atoms with Gasteiger partial charge in [-0.05, 0) is 37.8 Å². The number of hydrogen-bond donors (Lipinski definition) is 1. The van der Waals surface area contributed by atoms with E-state index in [1.165, 1.54) is 24.0 Å². The van der Waals surface area contributed by atoms with Gasteiger partial charge in [0.05, 0.1) is 0 Å². The summed E-state index contributed by atoms with van der Waals surface area (Å²) in [6.07, 6.45) is 3.85. The molecule has 2 heteroatoms. The number of rotatable bonds is 6. The van der Waals surface area contributed by atoms with Gasteiger partial charge in [-0.25, -0.2) is 0 Å². The van der Waals surface area contributed by atoms with Crippen molar-refractivity contribution in [2.45, 2.75) is 59.1 Å². The van der Waals surface area contributed by atoms with E-state index in [1.807, 2.05) is 0 Å². The van der Waals surface area contributed by atoms with Crippen molar-refractivity contribution < 1.29 is 4.74 Å². The summed E-state index contributed by atoms with van der Waals surface area (Å²) in [6, 6.07) is 7.05. The Bertz CT molecular complexity index is 416. The summed E-state index contributed by atoms with van der Waals surface area (Å²) in [7, 11) is 0. The highest BCUT2D eigenvalue weighted by Crippen LogP contribution is 2.29. The number of nitrogens with one attached hydrogen (secondary N) is 1. The highest BCUT2D eigenvalue weighted by atomic mass is 16.5. The maximum atomic E-state index is 5.98. The first-order valence-electron chi connectivity index (χ1n) is 7.58. The molecule has 0 spiro atoms. The van der Waals surface area contributed by atoms with Crippen molar-refractivity contribution in [3.63, 3.8) is 0 Å². The molecule has 3 atom stereocenters. The van der Waals surface area contributed by atoms with Crippen molar-refractivity contribution in [3.05, 3.63) is 29.3 Å². The van der Waals surface area contributed by atoms with Crippen molar-refractivity contribution in [1.82, 2.24) is 5.32 Å². The quantitative estimate of drug-likeness (QED) is 0.843. The lowest BCUT2D eigenvalue weighted by atomic mass is 10.00. The lowest BCUT2D eigenvalue weighted by Gasteiger charge is -2.19. The molecule has 2 nitrogen and oxygen atoms in total. The Balaban J connectivity index is 1.78. The second kappa shape index (κ2) is 6.42. The normalized spacial score (nSPS) is 20.7. The largest absolute Gasteiger partial charge is 0.488 e. The van der Waals surface area contributed by atoms with Crippen molar-refractivity contribution >= 4 is 0 Å². The van der Waals surface area contributed by atoms with Gasteiger partial charge in [0.1, 0.15) is 11.9 Å². The van der Waals surface area contributed by atoms with Gasteiger partial charge in [0.15, 0.2) is 0 Å². The Hall–Kier alpha value is -1.02. The molecule has 0 aromatic heterocycles. The number of fused-ring (bicyclic) bond motifs is 1. The van der Waals surface area contributed by atoms with Crippen LogP contribution in [0.1, 0.15) is 44.7 Å². The zero-order chi connectivity index (χ0) is 13.8. The molecule has 106 valence electrons. The van der Waals surface area contributed by atoms with Gasteiger partial charge in [0.25, 0.3) is 0 Å². The number of benzene rings is 1. The average molecular weight is 261 g/mol. The van der Waals surface area contributed by atoms with E-state index in [0.29, 0.717) is 12.1 Å². The fourth-order valence-electron chi connectivity index (χ4n) is 2.75. The van der Waals surface area contributed by atoms with Gasteiger partial charge in [-0.2, -0.15) is 0 Å². The van der Waals surface area contributed by atoms with Gasteiger partial charge in [-0.15, -0.1) is 0 Å². The molecular weight excluding hydrogens is 234 g/mol. The van der Waals surface area contributed by atoms with Crippen LogP contribution in [0.3, 0.4) is 0 Å². The molecule has 1 aliphatic heterocycles.